The lowest BCUT2D eigenvalue weighted by Gasteiger charge is -2.30. The average molecular weight is 372 g/mol. The summed E-state index contributed by atoms with van der Waals surface area (Å²) >= 11 is 0. The first-order valence-corrected chi connectivity index (χ1v) is 8.52. The Hall–Kier alpha value is -0.840. The molecule has 25 heavy (non-hydrogen) atoms. The van der Waals surface area contributed by atoms with Crippen LogP contribution in [0.5, 0.6) is 0 Å². The van der Waals surface area contributed by atoms with E-state index < -0.39 is 12.3 Å². The molecule has 0 radical (unpaired) electrons. The van der Waals surface area contributed by atoms with Gasteiger partial charge in [0, 0.05) is 39.6 Å². The van der Waals surface area contributed by atoms with Crippen LogP contribution in [0.2, 0.25) is 0 Å². The Morgan fingerprint density at radius 2 is 1.72 bits per heavy atom. The van der Waals surface area contributed by atoms with Crippen molar-refractivity contribution in [3.8, 4) is 0 Å². The molecule has 2 rings (SSSR count). The molecule has 2 saturated heterocycles. The van der Waals surface area contributed by atoms with Crippen LogP contribution in [0.3, 0.4) is 0 Å². The zero-order valence-electron chi connectivity index (χ0n) is 16.4. The minimum absolute atomic E-state index is 0.0712. The Morgan fingerprint density at radius 1 is 1.24 bits per heavy atom. The molecule has 2 aliphatic heterocycles. The van der Waals surface area contributed by atoms with Crippen molar-refractivity contribution in [1.29, 1.82) is 0 Å². The van der Waals surface area contributed by atoms with Crippen molar-refractivity contribution in [2.45, 2.75) is 59.0 Å². The van der Waals surface area contributed by atoms with Crippen molar-refractivity contribution >= 4 is 5.97 Å². The van der Waals surface area contributed by atoms with Gasteiger partial charge >= 0.3 is 0 Å². The zero-order valence-corrected chi connectivity index (χ0v) is 16.4. The van der Waals surface area contributed by atoms with Crippen molar-refractivity contribution < 1.29 is 33.9 Å². The van der Waals surface area contributed by atoms with E-state index >= 15 is 0 Å². The lowest BCUT2D eigenvalue weighted by Crippen LogP contribution is -2.40. The predicted molar refractivity (Wildman–Crippen MR) is 95.1 cm³/mol. The highest BCUT2D eigenvalue weighted by Gasteiger charge is 2.27. The monoisotopic (exact) mass is 372 g/mol. The Morgan fingerprint density at radius 3 is 2.00 bits per heavy atom. The molecule has 0 amide bonds. The average Bonchev–Trinajstić information content (AvgIpc) is 2.66. The second-order valence-corrected chi connectivity index (χ2v) is 4.80. The van der Waals surface area contributed by atoms with Crippen LogP contribution in [-0.4, -0.2) is 75.1 Å². The highest BCUT2D eigenvalue weighted by molar-refractivity contribution is 5.62. The van der Waals surface area contributed by atoms with Crippen LogP contribution in [0.1, 0.15) is 40.5 Å². The molecule has 2 fully saturated rings. The third kappa shape index (κ3) is 23.2. The summed E-state index contributed by atoms with van der Waals surface area (Å²) in [5.74, 6) is -0.833. The molecule has 0 aliphatic carbocycles. The molecular weight excluding hydrogens is 335 g/mol. The lowest BCUT2D eigenvalue weighted by molar-refractivity contribution is -0.300. The van der Waals surface area contributed by atoms with E-state index in [1.54, 1.807) is 0 Å². The van der Waals surface area contributed by atoms with Crippen LogP contribution in [-0.2, 0) is 19.2 Å². The van der Waals surface area contributed by atoms with Gasteiger partial charge in [0.2, 0.25) is 0 Å². The minimum Gasteiger partial charge on any atom is -0.481 e. The lowest BCUT2D eigenvalue weighted by atomic mass is 10.0. The summed E-state index contributed by atoms with van der Waals surface area (Å²) in [7, 11) is 2.86. The first-order valence-electron chi connectivity index (χ1n) is 8.52. The summed E-state index contributed by atoms with van der Waals surface area (Å²) in [6.45, 7) is 10.8. The molecule has 0 bridgehead atoms. The first kappa shape index (κ1) is 28.9. The maximum absolute atomic E-state index is 11.7. The fourth-order valence-corrected chi connectivity index (χ4v) is 1.91. The highest BCUT2D eigenvalue weighted by Crippen LogP contribution is 2.19. The van der Waals surface area contributed by atoms with Gasteiger partial charge in [-0.15, -0.1) is 0 Å². The van der Waals surface area contributed by atoms with Crippen LogP contribution in [0.4, 0.5) is 4.53 Å². The Bertz CT molecular complexity index is 243. The number of carboxylic acids is 1. The van der Waals surface area contributed by atoms with Gasteiger partial charge in [0.25, 0.3) is 5.97 Å². The molecule has 3 unspecified atom stereocenters. The molecule has 0 aromatic rings. The van der Waals surface area contributed by atoms with Crippen LogP contribution >= 0.6 is 0 Å². The van der Waals surface area contributed by atoms with Gasteiger partial charge < -0.3 is 30.3 Å². The molecular formula is C16H37FN2O6. The second kappa shape index (κ2) is 23.2. The van der Waals surface area contributed by atoms with E-state index in [-0.39, 0.29) is 6.10 Å². The molecule has 8 nitrogen and oxygen atoms in total. The number of rotatable bonds is 2. The number of aliphatic hydroxyl groups is 1. The number of carboxylic acid groups (broad SMARTS) is 1. The van der Waals surface area contributed by atoms with Gasteiger partial charge in [-0.3, -0.25) is 4.79 Å². The summed E-state index contributed by atoms with van der Waals surface area (Å²) in [6.07, 6.45) is 0.881. The number of ether oxygens (including phenoxy) is 2. The van der Waals surface area contributed by atoms with Gasteiger partial charge in [0.1, 0.15) is 0 Å². The van der Waals surface area contributed by atoms with Crippen molar-refractivity contribution in [3.05, 3.63) is 0 Å². The standard InChI is InChI=1S/C7H14FNO2.C4H9NO.C2H4O2.C2H6.CH4O/c1-5-3-6(9-2)4-7(10-5)11-8;1-3-6-4-2-5-1;1-2(3)4;2*1-2/h5-7,9H,3-4H2,1-2H3;5H,1-4H2;1H3,(H,3,4);1-2H3;2H,1H3. The smallest absolute Gasteiger partial charge is 0.300 e. The van der Waals surface area contributed by atoms with Crippen LogP contribution in [0.15, 0.2) is 0 Å². The maximum Gasteiger partial charge on any atom is 0.300 e. The maximum atomic E-state index is 11.7. The quantitative estimate of drug-likeness (QED) is 0.575. The van der Waals surface area contributed by atoms with Gasteiger partial charge in [0.15, 0.2) is 6.29 Å². The van der Waals surface area contributed by atoms with Gasteiger partial charge in [-0.2, -0.15) is 4.94 Å². The molecule has 4 N–H and O–H groups in total. The molecule has 0 saturated carbocycles. The number of aliphatic carboxylic acids is 1. The summed E-state index contributed by atoms with van der Waals surface area (Å²) < 4.78 is 21.8. The number of halogens is 1. The van der Waals surface area contributed by atoms with Crippen molar-refractivity contribution in [2.75, 3.05) is 40.5 Å². The third-order valence-corrected chi connectivity index (χ3v) is 2.83. The molecule has 0 aromatic heterocycles. The molecule has 9 heteroatoms. The van der Waals surface area contributed by atoms with Crippen LogP contribution < -0.4 is 10.6 Å². The number of hydrogen-bond acceptors (Lipinski definition) is 7. The predicted octanol–water partition coefficient (Wildman–Crippen LogP) is 1.33. The van der Waals surface area contributed by atoms with Gasteiger partial charge in [-0.05, 0) is 24.9 Å². The number of morpholine rings is 1. The summed E-state index contributed by atoms with van der Waals surface area (Å²) in [4.78, 5) is 12.6. The van der Waals surface area contributed by atoms with E-state index in [1.165, 1.54) is 0 Å². The molecule has 2 heterocycles. The van der Waals surface area contributed by atoms with E-state index in [9.17, 15) is 4.53 Å². The molecule has 0 aromatic carbocycles. The molecule has 3 atom stereocenters. The SMILES string of the molecule is C1COCCN1.CC.CC(=O)O.CNC1CC(C)OC(OF)C1.CO. The molecule has 2 aliphatic rings. The summed E-state index contributed by atoms with van der Waals surface area (Å²) in [6, 6.07) is 0.305. The van der Waals surface area contributed by atoms with Crippen molar-refractivity contribution in [3.63, 3.8) is 0 Å². The van der Waals surface area contributed by atoms with E-state index in [0.29, 0.717) is 12.5 Å². The van der Waals surface area contributed by atoms with Crippen LogP contribution in [0.25, 0.3) is 0 Å². The molecule has 0 spiro atoms. The largest absolute Gasteiger partial charge is 0.481 e. The van der Waals surface area contributed by atoms with Gasteiger partial charge in [-0.1, -0.05) is 13.8 Å². The third-order valence-electron chi connectivity index (χ3n) is 2.83. The van der Waals surface area contributed by atoms with E-state index in [2.05, 4.69) is 15.6 Å². The number of hydrogen-bond donors (Lipinski definition) is 4. The fraction of sp³-hybridized carbons (Fsp3) is 0.938. The summed E-state index contributed by atoms with van der Waals surface area (Å²) in [5.41, 5.74) is 0. The van der Waals surface area contributed by atoms with E-state index in [4.69, 9.17) is 24.5 Å². The first-order chi connectivity index (χ1) is 12.0. The normalized spacial score (nSPS) is 24.4. The molecule has 154 valence electrons. The summed E-state index contributed by atoms with van der Waals surface area (Å²) in [5, 5.41) is 20.6. The van der Waals surface area contributed by atoms with Gasteiger partial charge in [-0.25, -0.2) is 0 Å². The zero-order chi connectivity index (χ0) is 20.1. The Kier molecular flexibility index (Phi) is 26.8. The van der Waals surface area contributed by atoms with Crippen molar-refractivity contribution in [2.24, 2.45) is 0 Å². The second-order valence-electron chi connectivity index (χ2n) is 4.80. The van der Waals surface area contributed by atoms with Crippen LogP contribution in [0, 0.1) is 0 Å². The van der Waals surface area contributed by atoms with Gasteiger partial charge in [0.05, 0.1) is 19.3 Å². The fourth-order valence-electron chi connectivity index (χ4n) is 1.91. The number of aliphatic hydroxyl groups excluding tert-OH is 1. The van der Waals surface area contributed by atoms with Crippen molar-refractivity contribution in [1.82, 2.24) is 10.6 Å². The topological polar surface area (TPSA) is 109 Å². The number of nitrogens with one attached hydrogen (secondary N) is 2. The Balaban J connectivity index is -0.000000293. The Labute approximate surface area is 150 Å². The number of carbonyl (C=O) groups is 1. The minimum atomic E-state index is -0.833. The van der Waals surface area contributed by atoms with E-state index in [1.807, 2.05) is 27.8 Å². The van der Waals surface area contributed by atoms with E-state index in [0.717, 1.165) is 46.8 Å². The highest BCUT2D eigenvalue weighted by atomic mass is 19.3.